The summed E-state index contributed by atoms with van der Waals surface area (Å²) in [5.74, 6) is 1.31. The van der Waals surface area contributed by atoms with Crippen LogP contribution in [0.2, 0.25) is 0 Å². The van der Waals surface area contributed by atoms with E-state index in [4.69, 9.17) is 0 Å². The monoisotopic (exact) mass is 338 g/mol. The van der Waals surface area contributed by atoms with Crippen LogP contribution in [0.5, 0.6) is 0 Å². The molecular formula is C20H26N4O. The van der Waals surface area contributed by atoms with E-state index in [-0.39, 0.29) is 5.91 Å². The fourth-order valence-corrected chi connectivity index (χ4v) is 3.37. The van der Waals surface area contributed by atoms with Gasteiger partial charge in [0.05, 0.1) is 0 Å². The van der Waals surface area contributed by atoms with Crippen LogP contribution in [-0.4, -0.2) is 28.5 Å². The van der Waals surface area contributed by atoms with Crippen molar-refractivity contribution in [2.24, 2.45) is 0 Å². The van der Waals surface area contributed by atoms with E-state index in [0.717, 1.165) is 30.0 Å². The van der Waals surface area contributed by atoms with E-state index in [9.17, 15) is 4.79 Å². The third-order valence-electron chi connectivity index (χ3n) is 4.76. The molecule has 5 heteroatoms. The predicted octanol–water partition coefficient (Wildman–Crippen LogP) is 4.11. The Morgan fingerprint density at radius 2 is 1.96 bits per heavy atom. The van der Waals surface area contributed by atoms with Gasteiger partial charge in [-0.25, -0.2) is 9.97 Å². The SMILES string of the molecule is CCC1CCCCN1c1cc(C(=O)Nc2ccc(C)cc2)nc(C)n1. The van der Waals surface area contributed by atoms with Crippen molar-refractivity contribution in [3.05, 3.63) is 47.4 Å². The second-order valence-corrected chi connectivity index (χ2v) is 6.73. The highest BCUT2D eigenvalue weighted by Gasteiger charge is 2.23. The van der Waals surface area contributed by atoms with E-state index < -0.39 is 0 Å². The van der Waals surface area contributed by atoms with Crippen LogP contribution in [0, 0.1) is 13.8 Å². The molecule has 1 aromatic carbocycles. The molecule has 1 saturated heterocycles. The lowest BCUT2D eigenvalue weighted by atomic mass is 10.00. The van der Waals surface area contributed by atoms with Crippen LogP contribution in [0.3, 0.4) is 0 Å². The number of amides is 1. The molecule has 0 bridgehead atoms. The molecule has 0 aliphatic carbocycles. The molecule has 1 N–H and O–H groups in total. The summed E-state index contributed by atoms with van der Waals surface area (Å²) in [6.45, 7) is 7.07. The quantitative estimate of drug-likeness (QED) is 0.911. The fourth-order valence-electron chi connectivity index (χ4n) is 3.37. The van der Waals surface area contributed by atoms with Gasteiger partial charge in [0.25, 0.3) is 5.91 Å². The number of nitrogens with one attached hydrogen (secondary N) is 1. The molecule has 1 amide bonds. The average Bonchev–Trinajstić information content (AvgIpc) is 2.63. The first-order valence-corrected chi connectivity index (χ1v) is 9.07. The maximum absolute atomic E-state index is 12.6. The molecule has 1 aliphatic rings. The van der Waals surface area contributed by atoms with Gasteiger partial charge in [-0.2, -0.15) is 0 Å². The van der Waals surface area contributed by atoms with Gasteiger partial charge in [0.2, 0.25) is 0 Å². The molecule has 132 valence electrons. The van der Waals surface area contributed by atoms with Crippen molar-refractivity contribution in [3.63, 3.8) is 0 Å². The summed E-state index contributed by atoms with van der Waals surface area (Å²) < 4.78 is 0. The maximum atomic E-state index is 12.6. The molecule has 1 atom stereocenters. The Morgan fingerprint density at radius 1 is 1.20 bits per heavy atom. The first kappa shape index (κ1) is 17.4. The smallest absolute Gasteiger partial charge is 0.274 e. The van der Waals surface area contributed by atoms with Gasteiger partial charge >= 0.3 is 0 Å². The summed E-state index contributed by atoms with van der Waals surface area (Å²) in [6, 6.07) is 10.1. The second-order valence-electron chi connectivity index (χ2n) is 6.73. The van der Waals surface area contributed by atoms with Crippen LogP contribution in [0.1, 0.15) is 54.5 Å². The number of aromatic nitrogens is 2. The third-order valence-corrected chi connectivity index (χ3v) is 4.76. The fraction of sp³-hybridized carbons (Fsp3) is 0.450. The number of piperidine rings is 1. The predicted molar refractivity (Wildman–Crippen MR) is 101 cm³/mol. The van der Waals surface area contributed by atoms with Gasteiger partial charge < -0.3 is 10.2 Å². The van der Waals surface area contributed by atoms with E-state index in [2.05, 4.69) is 27.1 Å². The van der Waals surface area contributed by atoms with Gasteiger partial charge in [-0.15, -0.1) is 0 Å². The van der Waals surface area contributed by atoms with E-state index >= 15 is 0 Å². The molecule has 2 aromatic rings. The number of benzene rings is 1. The lowest BCUT2D eigenvalue weighted by Gasteiger charge is -2.36. The third kappa shape index (κ3) is 4.16. The molecule has 0 saturated carbocycles. The zero-order valence-electron chi connectivity index (χ0n) is 15.2. The van der Waals surface area contributed by atoms with Gasteiger partial charge in [0.15, 0.2) is 0 Å². The highest BCUT2D eigenvalue weighted by Crippen LogP contribution is 2.25. The molecule has 0 spiro atoms. The van der Waals surface area contributed by atoms with Crippen LogP contribution in [-0.2, 0) is 0 Å². The molecule has 5 nitrogen and oxygen atoms in total. The largest absolute Gasteiger partial charge is 0.354 e. The summed E-state index contributed by atoms with van der Waals surface area (Å²) in [5, 5.41) is 2.92. The number of rotatable bonds is 4. The van der Waals surface area contributed by atoms with Gasteiger partial charge in [0.1, 0.15) is 17.3 Å². The van der Waals surface area contributed by atoms with Gasteiger partial charge in [-0.1, -0.05) is 24.6 Å². The first-order valence-electron chi connectivity index (χ1n) is 9.07. The molecular weight excluding hydrogens is 312 g/mol. The van der Waals surface area contributed by atoms with Crippen molar-refractivity contribution in [2.45, 2.75) is 52.5 Å². The van der Waals surface area contributed by atoms with Crippen molar-refractivity contribution in [2.75, 3.05) is 16.8 Å². The lowest BCUT2D eigenvalue weighted by molar-refractivity contribution is 0.102. The minimum atomic E-state index is -0.194. The van der Waals surface area contributed by atoms with Crippen molar-refractivity contribution < 1.29 is 4.79 Å². The number of carbonyl (C=O) groups is 1. The van der Waals surface area contributed by atoms with Crippen LogP contribution in [0.4, 0.5) is 11.5 Å². The minimum absolute atomic E-state index is 0.194. The Labute approximate surface area is 149 Å². The van der Waals surface area contributed by atoms with Crippen molar-refractivity contribution >= 4 is 17.4 Å². The first-order chi connectivity index (χ1) is 12.1. The summed E-state index contributed by atoms with van der Waals surface area (Å²) in [5.41, 5.74) is 2.36. The number of nitrogens with zero attached hydrogens (tertiary/aromatic N) is 3. The van der Waals surface area contributed by atoms with Crippen molar-refractivity contribution in [3.8, 4) is 0 Å². The van der Waals surface area contributed by atoms with E-state index in [0.29, 0.717) is 17.6 Å². The van der Waals surface area contributed by atoms with Gasteiger partial charge in [-0.05, 0) is 51.7 Å². The zero-order valence-corrected chi connectivity index (χ0v) is 15.2. The highest BCUT2D eigenvalue weighted by atomic mass is 16.1. The Morgan fingerprint density at radius 3 is 2.68 bits per heavy atom. The second kappa shape index (κ2) is 7.64. The molecule has 1 unspecified atom stereocenters. The lowest BCUT2D eigenvalue weighted by Crippen LogP contribution is -2.40. The number of hydrogen-bond acceptors (Lipinski definition) is 4. The molecule has 1 aromatic heterocycles. The number of aryl methyl sites for hydroxylation is 2. The average molecular weight is 338 g/mol. The summed E-state index contributed by atoms with van der Waals surface area (Å²) in [4.78, 5) is 23.9. The molecule has 0 radical (unpaired) electrons. The van der Waals surface area contributed by atoms with E-state index in [1.165, 1.54) is 19.3 Å². The Hall–Kier alpha value is -2.43. The summed E-state index contributed by atoms with van der Waals surface area (Å²) >= 11 is 0. The van der Waals surface area contributed by atoms with Crippen LogP contribution < -0.4 is 10.2 Å². The van der Waals surface area contributed by atoms with Crippen molar-refractivity contribution in [1.29, 1.82) is 0 Å². The van der Waals surface area contributed by atoms with E-state index in [1.807, 2.05) is 44.2 Å². The zero-order chi connectivity index (χ0) is 17.8. The highest BCUT2D eigenvalue weighted by molar-refractivity contribution is 6.03. The number of hydrogen-bond donors (Lipinski definition) is 1. The van der Waals surface area contributed by atoms with Gasteiger partial charge in [0, 0.05) is 24.3 Å². The Balaban J connectivity index is 1.83. The van der Waals surface area contributed by atoms with E-state index in [1.54, 1.807) is 0 Å². The Bertz CT molecular complexity index is 742. The number of carbonyl (C=O) groups excluding carboxylic acids is 1. The summed E-state index contributed by atoms with van der Waals surface area (Å²) in [7, 11) is 0. The molecule has 2 heterocycles. The molecule has 1 aliphatic heterocycles. The van der Waals surface area contributed by atoms with Crippen LogP contribution in [0.15, 0.2) is 30.3 Å². The van der Waals surface area contributed by atoms with Gasteiger partial charge in [-0.3, -0.25) is 4.79 Å². The van der Waals surface area contributed by atoms with Crippen LogP contribution >= 0.6 is 0 Å². The Kier molecular flexibility index (Phi) is 5.31. The number of anilines is 2. The minimum Gasteiger partial charge on any atom is -0.354 e. The summed E-state index contributed by atoms with van der Waals surface area (Å²) in [6.07, 6.45) is 4.71. The maximum Gasteiger partial charge on any atom is 0.274 e. The van der Waals surface area contributed by atoms with Crippen LogP contribution in [0.25, 0.3) is 0 Å². The molecule has 25 heavy (non-hydrogen) atoms. The normalized spacial score (nSPS) is 17.4. The molecule has 1 fully saturated rings. The molecule has 3 rings (SSSR count). The topological polar surface area (TPSA) is 58.1 Å². The standard InChI is InChI=1S/C20H26N4O/c1-4-17-7-5-6-12-24(17)19-13-18(21-15(3)22-19)20(25)23-16-10-8-14(2)9-11-16/h8-11,13,17H,4-7,12H2,1-3H3,(H,23,25). The van der Waals surface area contributed by atoms with Crippen molar-refractivity contribution in [1.82, 2.24) is 9.97 Å².